The molecule has 0 spiro atoms. The number of hydrogen-bond acceptors (Lipinski definition) is 4. The number of benzene rings is 1. The number of fused-ring (bicyclic) bond motifs is 1. The molecule has 7 heteroatoms. The van der Waals surface area contributed by atoms with Crippen LogP contribution >= 0.6 is 0 Å². The maximum absolute atomic E-state index is 13.2. The predicted molar refractivity (Wildman–Crippen MR) is 47.8 cm³/mol. The number of aryl methyl sites for hydroxylation is 1. The molecule has 0 radical (unpaired) electrons. The Morgan fingerprint density at radius 1 is 1.50 bits per heavy atom. The van der Waals surface area contributed by atoms with Crippen LogP contribution in [0.3, 0.4) is 0 Å². The fraction of sp³-hybridized carbons (Fsp3) is 0.143. The first-order chi connectivity index (χ1) is 6.61. The summed E-state index contributed by atoms with van der Waals surface area (Å²) in [6.07, 6.45) is 0. The van der Waals surface area contributed by atoms with Gasteiger partial charge in [0, 0.05) is 0 Å². The van der Waals surface area contributed by atoms with Gasteiger partial charge in [-0.2, -0.15) is 0 Å². The summed E-state index contributed by atoms with van der Waals surface area (Å²) in [4.78, 5) is 9.93. The van der Waals surface area contributed by atoms with Gasteiger partial charge in [-0.25, -0.2) is 0 Å². The maximum atomic E-state index is 13.2. The Kier molecular flexibility index (Phi) is 2.05. The van der Waals surface area contributed by atoms with Gasteiger partial charge in [0.15, 0.2) is 0 Å². The van der Waals surface area contributed by atoms with Crippen LogP contribution in [0.25, 0.3) is 11.0 Å². The van der Waals surface area contributed by atoms with E-state index >= 15 is 0 Å². The number of halogens is 1. The first-order valence-corrected chi connectivity index (χ1v) is 5.20. The summed E-state index contributed by atoms with van der Waals surface area (Å²) in [6, 6.07) is 0.897. The van der Waals surface area contributed by atoms with Gasteiger partial charge in [-0.15, -0.1) is 0 Å². The van der Waals surface area contributed by atoms with Crippen molar-refractivity contribution in [2.75, 3.05) is 0 Å². The van der Waals surface area contributed by atoms with Gasteiger partial charge < -0.3 is 0 Å². The predicted octanol–water partition coefficient (Wildman–Crippen LogP) is 1.04. The van der Waals surface area contributed by atoms with Crippen LogP contribution in [-0.2, 0) is 0 Å². The van der Waals surface area contributed by atoms with Gasteiger partial charge in [0.2, 0.25) is 0 Å². The minimum atomic E-state index is -0.637. The van der Waals surface area contributed by atoms with Crippen molar-refractivity contribution in [3.63, 3.8) is 0 Å². The summed E-state index contributed by atoms with van der Waals surface area (Å²) in [5.74, 6) is -0.605. The van der Waals surface area contributed by atoms with Crippen LogP contribution in [-0.4, -0.2) is 27.8 Å². The molecular weight excluding hydrogens is 256 g/mol. The topological polar surface area (TPSA) is 68.9 Å². The van der Waals surface area contributed by atoms with E-state index in [2.05, 4.69) is 7.96 Å². The van der Waals surface area contributed by atoms with Gasteiger partial charge in [0.05, 0.1) is 0 Å². The van der Waals surface area contributed by atoms with E-state index in [0.29, 0.717) is 11.1 Å². The number of hydrogen-bond donors (Lipinski definition) is 0. The van der Waals surface area contributed by atoms with Crippen molar-refractivity contribution < 1.29 is 9.31 Å². The molecule has 1 aromatic carbocycles. The second kappa shape index (κ2) is 3.11. The number of nitro groups is 1. The average molecular weight is 260 g/mol. The Morgan fingerprint density at radius 2 is 2.14 bits per heavy atom. The molecule has 0 amide bonds. The van der Waals surface area contributed by atoms with Gasteiger partial charge in [0.1, 0.15) is 0 Å². The van der Waals surface area contributed by atoms with E-state index in [1.54, 1.807) is 0 Å². The molecule has 0 bridgehead atoms. The van der Waals surface area contributed by atoms with E-state index in [1.165, 1.54) is 6.92 Å². The molecule has 0 aliphatic heterocycles. The molecule has 0 saturated carbocycles. The third-order valence-electron chi connectivity index (χ3n) is 1.90. The Labute approximate surface area is 83.9 Å². The summed E-state index contributed by atoms with van der Waals surface area (Å²) < 4.78 is 21.1. The van der Waals surface area contributed by atoms with Crippen molar-refractivity contribution >= 4 is 31.7 Å². The Morgan fingerprint density at radius 3 is 2.79 bits per heavy atom. The monoisotopic (exact) mass is 261 g/mol. The first-order valence-electron chi connectivity index (χ1n) is 3.67. The summed E-state index contributed by atoms with van der Waals surface area (Å²) in [5.41, 5.74) is 0.575. The molecule has 5 nitrogen and oxygen atoms in total. The summed E-state index contributed by atoms with van der Waals surface area (Å²) in [5, 5.41) is 10.6. The molecular formula is C7H4FN3O2Se. The van der Waals surface area contributed by atoms with Crippen molar-refractivity contribution in [1.29, 1.82) is 0 Å². The van der Waals surface area contributed by atoms with Gasteiger partial charge in [0.25, 0.3) is 0 Å². The van der Waals surface area contributed by atoms with Gasteiger partial charge in [-0.1, -0.05) is 0 Å². The van der Waals surface area contributed by atoms with Crippen LogP contribution in [0.4, 0.5) is 10.1 Å². The van der Waals surface area contributed by atoms with Crippen LogP contribution in [0, 0.1) is 22.9 Å². The zero-order chi connectivity index (χ0) is 10.3. The zero-order valence-corrected chi connectivity index (χ0v) is 8.73. The van der Waals surface area contributed by atoms with E-state index in [9.17, 15) is 14.5 Å². The van der Waals surface area contributed by atoms with Gasteiger partial charge in [-0.05, 0) is 0 Å². The molecule has 0 unspecified atom stereocenters. The van der Waals surface area contributed by atoms with Gasteiger partial charge >= 0.3 is 83.4 Å². The van der Waals surface area contributed by atoms with Crippen LogP contribution in [0.5, 0.6) is 0 Å². The number of aromatic nitrogens is 2. The van der Waals surface area contributed by atoms with Crippen LogP contribution in [0.15, 0.2) is 6.07 Å². The van der Waals surface area contributed by atoms with Crippen molar-refractivity contribution in [2.45, 2.75) is 6.92 Å². The Balaban J connectivity index is 2.91. The minimum absolute atomic E-state index is 0.217. The number of nitrogens with zero attached hydrogens (tertiary/aromatic N) is 3. The number of rotatable bonds is 1. The number of non-ortho nitro benzene ring substituents is 1. The van der Waals surface area contributed by atoms with E-state index in [4.69, 9.17) is 0 Å². The molecule has 1 aromatic heterocycles. The first kappa shape index (κ1) is 9.23. The Bertz CT molecular complexity index is 525. The van der Waals surface area contributed by atoms with Crippen LogP contribution in [0.1, 0.15) is 5.56 Å². The van der Waals surface area contributed by atoms with Crippen molar-refractivity contribution in [1.82, 2.24) is 7.96 Å². The van der Waals surface area contributed by atoms with E-state index in [0.717, 1.165) is 6.07 Å². The molecule has 14 heavy (non-hydrogen) atoms. The Hall–Kier alpha value is -1.33. The average Bonchev–Trinajstić information content (AvgIpc) is 2.59. The fourth-order valence-electron chi connectivity index (χ4n) is 1.15. The summed E-state index contributed by atoms with van der Waals surface area (Å²) in [7, 11) is 0. The quantitative estimate of drug-likeness (QED) is 0.436. The zero-order valence-electron chi connectivity index (χ0n) is 7.02. The molecule has 0 aliphatic carbocycles. The molecule has 2 rings (SSSR count). The molecule has 2 aromatic rings. The molecule has 0 fully saturated rings. The molecule has 0 saturated heterocycles. The molecule has 72 valence electrons. The van der Waals surface area contributed by atoms with E-state index < -0.39 is 10.7 Å². The SMILES string of the molecule is Cc1c(F)cc([N+](=O)[O-])c2n[se]nc12. The summed E-state index contributed by atoms with van der Waals surface area (Å²) >= 11 is -0.383. The normalized spacial score (nSPS) is 10.7. The van der Waals surface area contributed by atoms with Crippen molar-refractivity contribution in [3.05, 3.63) is 27.6 Å². The van der Waals surface area contributed by atoms with Crippen LogP contribution in [0.2, 0.25) is 0 Å². The molecule has 1 heterocycles. The van der Waals surface area contributed by atoms with Crippen molar-refractivity contribution in [2.24, 2.45) is 0 Å². The molecule has 0 aliphatic rings. The third kappa shape index (κ3) is 1.21. The third-order valence-corrected chi connectivity index (χ3v) is 3.01. The molecule has 0 atom stereocenters. The van der Waals surface area contributed by atoms with Gasteiger partial charge in [-0.3, -0.25) is 0 Å². The summed E-state index contributed by atoms with van der Waals surface area (Å²) in [6.45, 7) is 1.54. The number of nitro benzene ring substituents is 1. The second-order valence-electron chi connectivity index (χ2n) is 2.72. The fourth-order valence-corrected chi connectivity index (χ4v) is 2.43. The van der Waals surface area contributed by atoms with Crippen LogP contribution < -0.4 is 0 Å². The standard InChI is InChI=1S/C7H4FN3O2Se/c1-3-4(8)2-5(11(12)13)7-6(3)9-14-10-7/h2H,1H3. The van der Waals surface area contributed by atoms with E-state index in [-0.39, 0.29) is 26.2 Å². The molecule has 0 N–H and O–H groups in total. The van der Waals surface area contributed by atoms with E-state index in [1.807, 2.05) is 0 Å². The van der Waals surface area contributed by atoms with Crippen molar-refractivity contribution in [3.8, 4) is 0 Å². The second-order valence-corrected chi connectivity index (χ2v) is 3.83.